The number of piperazine rings is 1. The van der Waals surface area contributed by atoms with Gasteiger partial charge in [-0.3, -0.25) is 19.5 Å². The Bertz CT molecular complexity index is 722. The van der Waals surface area contributed by atoms with Gasteiger partial charge in [-0.15, -0.1) is 0 Å². The smallest absolute Gasteiger partial charge is 0.254 e. The second-order valence-corrected chi connectivity index (χ2v) is 9.35. The number of amides is 2. The zero-order chi connectivity index (χ0) is 20.4. The lowest BCUT2D eigenvalue weighted by atomic mass is 9.67. The molecule has 29 heavy (non-hydrogen) atoms. The lowest BCUT2D eigenvalue weighted by Crippen LogP contribution is -2.54. The van der Waals surface area contributed by atoms with Crippen LogP contribution in [0.15, 0.2) is 24.5 Å². The van der Waals surface area contributed by atoms with Crippen molar-refractivity contribution < 1.29 is 9.59 Å². The fraction of sp³-hybridized carbons (Fsp3) is 0.696. The Kier molecular flexibility index (Phi) is 5.91. The van der Waals surface area contributed by atoms with Gasteiger partial charge >= 0.3 is 0 Å². The van der Waals surface area contributed by atoms with Crippen molar-refractivity contribution in [2.45, 2.75) is 52.0 Å². The Morgan fingerprint density at radius 1 is 1.00 bits per heavy atom. The molecular formula is C23H34N4O2. The summed E-state index contributed by atoms with van der Waals surface area (Å²) < 4.78 is 0. The molecule has 0 radical (unpaired) electrons. The van der Waals surface area contributed by atoms with E-state index in [1.54, 1.807) is 24.5 Å². The number of likely N-dealkylation sites (tertiary alicyclic amines) is 1. The van der Waals surface area contributed by atoms with Gasteiger partial charge in [0.25, 0.3) is 5.91 Å². The molecule has 1 aromatic heterocycles. The molecule has 0 aromatic carbocycles. The van der Waals surface area contributed by atoms with Crippen LogP contribution in [0.4, 0.5) is 0 Å². The highest BCUT2D eigenvalue weighted by Gasteiger charge is 2.52. The summed E-state index contributed by atoms with van der Waals surface area (Å²) in [5.41, 5.74) is 0.636. The Morgan fingerprint density at radius 2 is 1.66 bits per heavy atom. The average Bonchev–Trinajstić information content (AvgIpc) is 3.12. The third-order valence-electron chi connectivity index (χ3n) is 7.37. The molecule has 158 valence electrons. The molecule has 6 nitrogen and oxygen atoms in total. The Labute approximate surface area is 174 Å². The van der Waals surface area contributed by atoms with Crippen molar-refractivity contribution in [1.29, 1.82) is 0 Å². The van der Waals surface area contributed by atoms with Gasteiger partial charge in [0, 0.05) is 68.7 Å². The summed E-state index contributed by atoms with van der Waals surface area (Å²) in [6, 6.07) is 4.07. The maximum Gasteiger partial charge on any atom is 0.254 e. The molecule has 3 heterocycles. The maximum absolute atomic E-state index is 13.6. The maximum atomic E-state index is 13.6. The number of hydrogen-bond acceptors (Lipinski definition) is 4. The summed E-state index contributed by atoms with van der Waals surface area (Å²) in [7, 11) is 0. The van der Waals surface area contributed by atoms with E-state index in [0.29, 0.717) is 18.2 Å². The number of carbonyl (C=O) groups is 2. The van der Waals surface area contributed by atoms with Crippen LogP contribution in [0.1, 0.15) is 56.3 Å². The summed E-state index contributed by atoms with van der Waals surface area (Å²) >= 11 is 0. The molecule has 2 saturated heterocycles. The Hall–Kier alpha value is -1.95. The fourth-order valence-electron chi connectivity index (χ4n) is 5.58. The van der Waals surface area contributed by atoms with Crippen LogP contribution in [0.25, 0.3) is 0 Å². The fourth-order valence-corrected chi connectivity index (χ4v) is 5.58. The van der Waals surface area contributed by atoms with Crippen LogP contribution in [0, 0.1) is 11.3 Å². The largest absolute Gasteiger partial charge is 0.340 e. The van der Waals surface area contributed by atoms with E-state index in [0.717, 1.165) is 45.6 Å². The minimum absolute atomic E-state index is 0.0345. The van der Waals surface area contributed by atoms with Crippen molar-refractivity contribution in [3.63, 3.8) is 0 Å². The average molecular weight is 399 g/mol. The van der Waals surface area contributed by atoms with E-state index < -0.39 is 0 Å². The predicted octanol–water partition coefficient (Wildman–Crippen LogP) is 2.66. The highest BCUT2D eigenvalue weighted by Crippen LogP contribution is 2.48. The number of hydrogen-bond donors (Lipinski definition) is 0. The first-order valence-corrected chi connectivity index (χ1v) is 11.2. The molecule has 2 amide bonds. The molecular weight excluding hydrogens is 364 g/mol. The van der Waals surface area contributed by atoms with Gasteiger partial charge in [-0.25, -0.2) is 0 Å². The number of aromatic nitrogens is 1. The molecule has 4 rings (SSSR count). The molecule has 0 N–H and O–H groups in total. The third-order valence-corrected chi connectivity index (χ3v) is 7.37. The number of nitrogens with zero attached hydrogens (tertiary/aromatic N) is 4. The van der Waals surface area contributed by atoms with Crippen LogP contribution in [-0.2, 0) is 4.79 Å². The lowest BCUT2D eigenvalue weighted by molar-refractivity contribution is -0.141. The molecule has 1 spiro atoms. The van der Waals surface area contributed by atoms with Gasteiger partial charge < -0.3 is 9.80 Å². The molecule has 1 aliphatic carbocycles. The van der Waals surface area contributed by atoms with Crippen molar-refractivity contribution in [2.24, 2.45) is 11.3 Å². The van der Waals surface area contributed by atoms with E-state index in [1.807, 2.05) is 4.90 Å². The standard InChI is InChI=1S/C23H34N4O2/c1-18(2)25-12-14-26(15-13-25)22(29)20-16-27(17-23(20)8-4-3-5-9-23)21(28)19-6-10-24-11-7-19/h6-7,10-11,18,20H,3-5,8-9,12-17H2,1-2H3. The molecule has 3 aliphatic rings. The zero-order valence-corrected chi connectivity index (χ0v) is 17.8. The summed E-state index contributed by atoms with van der Waals surface area (Å²) in [4.78, 5) is 37.2. The summed E-state index contributed by atoms with van der Waals surface area (Å²) in [6.07, 6.45) is 9.04. The van der Waals surface area contributed by atoms with E-state index in [1.165, 1.54) is 19.3 Å². The van der Waals surface area contributed by atoms with Crippen molar-refractivity contribution in [3.05, 3.63) is 30.1 Å². The quantitative estimate of drug-likeness (QED) is 0.786. The number of rotatable bonds is 3. The van der Waals surface area contributed by atoms with Gasteiger partial charge in [-0.1, -0.05) is 19.3 Å². The number of carbonyl (C=O) groups excluding carboxylic acids is 2. The second-order valence-electron chi connectivity index (χ2n) is 9.35. The molecule has 1 atom stereocenters. The van der Waals surface area contributed by atoms with E-state index >= 15 is 0 Å². The molecule has 3 fully saturated rings. The molecule has 1 unspecified atom stereocenters. The van der Waals surface area contributed by atoms with Crippen molar-refractivity contribution in [3.8, 4) is 0 Å². The lowest BCUT2D eigenvalue weighted by Gasteiger charge is -2.42. The normalized spacial score (nSPS) is 25.0. The monoisotopic (exact) mass is 398 g/mol. The first-order chi connectivity index (χ1) is 14.0. The van der Waals surface area contributed by atoms with Crippen LogP contribution in [0.5, 0.6) is 0 Å². The van der Waals surface area contributed by atoms with Crippen LogP contribution < -0.4 is 0 Å². The summed E-state index contributed by atoms with van der Waals surface area (Å²) in [6.45, 7) is 9.22. The van der Waals surface area contributed by atoms with Gasteiger partial charge in [-0.2, -0.15) is 0 Å². The predicted molar refractivity (Wildman–Crippen MR) is 112 cm³/mol. The van der Waals surface area contributed by atoms with Gasteiger partial charge in [0.15, 0.2) is 0 Å². The van der Waals surface area contributed by atoms with Crippen LogP contribution in [0.2, 0.25) is 0 Å². The Balaban J connectivity index is 1.51. The molecule has 2 aliphatic heterocycles. The van der Waals surface area contributed by atoms with E-state index in [-0.39, 0.29) is 23.1 Å². The van der Waals surface area contributed by atoms with Gasteiger partial charge in [0.2, 0.25) is 5.91 Å². The van der Waals surface area contributed by atoms with Crippen LogP contribution >= 0.6 is 0 Å². The second kappa shape index (κ2) is 8.42. The minimum Gasteiger partial charge on any atom is -0.340 e. The zero-order valence-electron chi connectivity index (χ0n) is 17.8. The van der Waals surface area contributed by atoms with Gasteiger partial charge in [0.1, 0.15) is 0 Å². The van der Waals surface area contributed by atoms with Crippen molar-refractivity contribution in [2.75, 3.05) is 39.3 Å². The van der Waals surface area contributed by atoms with Gasteiger partial charge in [0.05, 0.1) is 5.92 Å². The first-order valence-electron chi connectivity index (χ1n) is 11.2. The number of pyridine rings is 1. The summed E-state index contributed by atoms with van der Waals surface area (Å²) in [5, 5.41) is 0. The highest BCUT2D eigenvalue weighted by atomic mass is 16.2. The SMILES string of the molecule is CC(C)N1CCN(C(=O)C2CN(C(=O)c3ccncc3)CC23CCCCC3)CC1. The molecule has 1 aromatic rings. The van der Waals surface area contributed by atoms with E-state index in [9.17, 15) is 9.59 Å². The Morgan fingerprint density at radius 3 is 2.28 bits per heavy atom. The molecule has 1 saturated carbocycles. The third kappa shape index (κ3) is 4.04. The first kappa shape index (κ1) is 20.3. The van der Waals surface area contributed by atoms with Crippen LogP contribution in [-0.4, -0.2) is 76.8 Å². The van der Waals surface area contributed by atoms with Gasteiger partial charge in [-0.05, 0) is 38.8 Å². The summed E-state index contributed by atoms with van der Waals surface area (Å²) in [5.74, 6) is 0.261. The van der Waals surface area contributed by atoms with Crippen molar-refractivity contribution >= 4 is 11.8 Å². The van der Waals surface area contributed by atoms with E-state index in [2.05, 4.69) is 28.6 Å². The van der Waals surface area contributed by atoms with Crippen LogP contribution in [0.3, 0.4) is 0 Å². The van der Waals surface area contributed by atoms with E-state index in [4.69, 9.17) is 0 Å². The molecule has 0 bridgehead atoms. The topological polar surface area (TPSA) is 56.8 Å². The van der Waals surface area contributed by atoms with Crippen molar-refractivity contribution in [1.82, 2.24) is 19.7 Å². The minimum atomic E-state index is -0.0563. The molecule has 6 heteroatoms. The highest BCUT2D eigenvalue weighted by molar-refractivity contribution is 5.95.